The van der Waals surface area contributed by atoms with Crippen molar-refractivity contribution in [3.63, 3.8) is 0 Å². The molecule has 7 nitrogen and oxygen atoms in total. The molecule has 4 aromatic rings. The van der Waals surface area contributed by atoms with E-state index in [0.29, 0.717) is 12.0 Å². The molecule has 6 rings (SSSR count). The largest absolute Gasteiger partial charge is 0.453 e. The van der Waals surface area contributed by atoms with E-state index in [2.05, 4.69) is 52.3 Å². The van der Waals surface area contributed by atoms with Crippen molar-refractivity contribution in [3.05, 3.63) is 54.7 Å². The van der Waals surface area contributed by atoms with Gasteiger partial charge in [-0.3, -0.25) is 14.3 Å². The van der Waals surface area contributed by atoms with Gasteiger partial charge in [-0.05, 0) is 56.4 Å². The maximum absolute atomic E-state index is 6.52. The second-order valence-corrected chi connectivity index (χ2v) is 8.70. The molecule has 7 heteroatoms. The van der Waals surface area contributed by atoms with Gasteiger partial charge in [-0.25, -0.2) is 0 Å². The molecular weight excluding hydrogens is 402 g/mol. The van der Waals surface area contributed by atoms with Crippen LogP contribution in [0, 0.1) is 0 Å². The van der Waals surface area contributed by atoms with Crippen LogP contribution in [0.2, 0.25) is 0 Å². The van der Waals surface area contributed by atoms with Gasteiger partial charge in [0.25, 0.3) is 0 Å². The zero-order valence-electron chi connectivity index (χ0n) is 18.3. The first-order valence-electron chi connectivity index (χ1n) is 11.5. The van der Waals surface area contributed by atoms with E-state index >= 15 is 0 Å². The normalized spacial score (nSPS) is 17.2. The van der Waals surface area contributed by atoms with Crippen molar-refractivity contribution in [2.24, 2.45) is 0 Å². The van der Waals surface area contributed by atoms with E-state index in [1.807, 2.05) is 23.1 Å². The molecular formula is C25H27N5O2. The molecule has 1 aliphatic carbocycles. The van der Waals surface area contributed by atoms with Crippen LogP contribution < -0.4 is 4.74 Å². The summed E-state index contributed by atoms with van der Waals surface area (Å²) < 4.78 is 16.1. The Bertz CT molecular complexity index is 1250. The second-order valence-electron chi connectivity index (χ2n) is 8.70. The van der Waals surface area contributed by atoms with Crippen LogP contribution in [0.1, 0.15) is 50.3 Å². The summed E-state index contributed by atoms with van der Waals surface area (Å²) in [7, 11) is 0. The topological polar surface area (TPSA) is 67.0 Å². The zero-order valence-corrected chi connectivity index (χ0v) is 18.3. The van der Waals surface area contributed by atoms with Crippen molar-refractivity contribution in [2.45, 2.75) is 51.1 Å². The monoisotopic (exact) mass is 429 g/mol. The Hall–Kier alpha value is -3.19. The van der Waals surface area contributed by atoms with Crippen LogP contribution in [0.3, 0.4) is 0 Å². The van der Waals surface area contributed by atoms with Crippen LogP contribution in [0.4, 0.5) is 0 Å². The fraction of sp³-hybridized carbons (Fsp3) is 0.400. The van der Waals surface area contributed by atoms with Gasteiger partial charge in [0.2, 0.25) is 0 Å². The van der Waals surface area contributed by atoms with Crippen LogP contribution in [-0.4, -0.2) is 37.8 Å². The van der Waals surface area contributed by atoms with E-state index < -0.39 is 0 Å². The number of hydrogen-bond acceptors (Lipinski definition) is 5. The lowest BCUT2D eigenvalue weighted by atomic mass is 9.96. The number of aryl methyl sites for hydroxylation is 1. The molecule has 1 saturated heterocycles. The van der Waals surface area contributed by atoms with Crippen LogP contribution in [0.25, 0.3) is 22.0 Å². The smallest absolute Gasteiger partial charge is 0.168 e. The molecule has 3 aromatic heterocycles. The molecule has 0 spiro atoms. The average Bonchev–Trinajstić information content (AvgIpc) is 3.42. The van der Waals surface area contributed by atoms with Gasteiger partial charge >= 0.3 is 0 Å². The predicted molar refractivity (Wildman–Crippen MR) is 122 cm³/mol. The molecule has 2 fully saturated rings. The van der Waals surface area contributed by atoms with Crippen LogP contribution in [0.5, 0.6) is 11.5 Å². The van der Waals surface area contributed by atoms with Gasteiger partial charge in [0, 0.05) is 49.0 Å². The summed E-state index contributed by atoms with van der Waals surface area (Å²) in [6, 6.07) is 8.77. The molecule has 2 aliphatic rings. The second kappa shape index (κ2) is 8.06. The Morgan fingerprint density at radius 3 is 2.69 bits per heavy atom. The summed E-state index contributed by atoms with van der Waals surface area (Å²) in [5, 5.41) is 10.3. The number of hydrogen-bond donors (Lipinski definition) is 0. The molecule has 32 heavy (non-hydrogen) atoms. The van der Waals surface area contributed by atoms with E-state index in [-0.39, 0.29) is 0 Å². The minimum absolute atomic E-state index is 0.383. The van der Waals surface area contributed by atoms with E-state index in [0.717, 1.165) is 71.8 Å². The Balaban J connectivity index is 1.35. The third-order valence-corrected chi connectivity index (χ3v) is 6.47. The quantitative estimate of drug-likeness (QED) is 0.414. The maximum Gasteiger partial charge on any atom is 0.168 e. The van der Waals surface area contributed by atoms with Gasteiger partial charge in [0.05, 0.1) is 24.0 Å². The number of ether oxygens (including phenoxy) is 2. The number of fused-ring (bicyclic) bond motifs is 1. The third kappa shape index (κ3) is 3.66. The lowest BCUT2D eigenvalue weighted by Gasteiger charge is -2.21. The van der Waals surface area contributed by atoms with Gasteiger partial charge in [0.15, 0.2) is 5.75 Å². The highest BCUT2D eigenvalue weighted by molar-refractivity contribution is 5.89. The third-order valence-electron chi connectivity index (χ3n) is 6.47. The first kappa shape index (κ1) is 19.5. The van der Waals surface area contributed by atoms with Crippen molar-refractivity contribution in [1.82, 2.24) is 24.5 Å². The summed E-state index contributed by atoms with van der Waals surface area (Å²) in [5.74, 6) is 2.06. The summed E-state index contributed by atoms with van der Waals surface area (Å²) in [4.78, 5) is 4.61. The van der Waals surface area contributed by atoms with Crippen LogP contribution >= 0.6 is 0 Å². The van der Waals surface area contributed by atoms with Gasteiger partial charge in [-0.1, -0.05) is 6.07 Å². The summed E-state index contributed by atoms with van der Waals surface area (Å²) in [6.07, 6.45) is 12.2. The number of aromatic nitrogens is 5. The number of benzene rings is 1. The highest BCUT2D eigenvalue weighted by atomic mass is 16.5. The molecule has 164 valence electrons. The lowest BCUT2D eigenvalue weighted by Crippen LogP contribution is -2.15. The molecule has 1 aliphatic heterocycles. The maximum atomic E-state index is 6.52. The molecule has 4 heterocycles. The van der Waals surface area contributed by atoms with Crippen LogP contribution in [-0.2, 0) is 11.3 Å². The Morgan fingerprint density at radius 1 is 1.03 bits per heavy atom. The molecule has 0 bridgehead atoms. The standard InChI is InChI=1S/C25H27N5O2/c1-2-29-15-19(14-27-29)18-3-6-21-22(13-18)26-10-7-23(21)32-24-16-30(20-4-5-20)28-25(24)17-8-11-31-12-9-17/h3,6-7,10,13-17,20H,2,4-5,8-9,11-12H2,1H3. The summed E-state index contributed by atoms with van der Waals surface area (Å²) >= 11 is 0. The zero-order chi connectivity index (χ0) is 21.5. The highest BCUT2D eigenvalue weighted by Crippen LogP contribution is 2.41. The van der Waals surface area contributed by atoms with Crippen molar-refractivity contribution >= 4 is 10.9 Å². The van der Waals surface area contributed by atoms with Gasteiger partial charge in [-0.15, -0.1) is 0 Å². The molecule has 0 amide bonds. The SMILES string of the molecule is CCn1cc(-c2ccc3c(Oc4cn(C5CC5)nc4C4CCOCC4)ccnc3c2)cn1. The fourth-order valence-corrected chi connectivity index (χ4v) is 4.44. The minimum Gasteiger partial charge on any atom is -0.453 e. The molecule has 1 aromatic carbocycles. The van der Waals surface area contributed by atoms with E-state index in [4.69, 9.17) is 14.6 Å². The van der Waals surface area contributed by atoms with E-state index in [9.17, 15) is 0 Å². The van der Waals surface area contributed by atoms with E-state index in [1.54, 1.807) is 0 Å². The predicted octanol–water partition coefficient (Wildman–Crippen LogP) is 5.34. The fourth-order valence-electron chi connectivity index (χ4n) is 4.44. The molecule has 0 radical (unpaired) electrons. The van der Waals surface area contributed by atoms with Gasteiger partial charge in [-0.2, -0.15) is 10.2 Å². The number of pyridine rings is 1. The number of nitrogens with zero attached hydrogens (tertiary/aromatic N) is 5. The van der Waals surface area contributed by atoms with Crippen molar-refractivity contribution in [2.75, 3.05) is 13.2 Å². The van der Waals surface area contributed by atoms with Gasteiger partial charge in [0.1, 0.15) is 11.4 Å². The average molecular weight is 430 g/mol. The minimum atomic E-state index is 0.383. The Labute approximate surface area is 187 Å². The molecule has 0 N–H and O–H groups in total. The summed E-state index contributed by atoms with van der Waals surface area (Å²) in [5.41, 5.74) is 4.17. The van der Waals surface area contributed by atoms with Crippen molar-refractivity contribution in [1.29, 1.82) is 0 Å². The first-order valence-corrected chi connectivity index (χ1v) is 11.5. The van der Waals surface area contributed by atoms with Crippen molar-refractivity contribution in [3.8, 4) is 22.6 Å². The first-order chi connectivity index (χ1) is 15.8. The van der Waals surface area contributed by atoms with Crippen LogP contribution in [0.15, 0.2) is 49.1 Å². The molecule has 0 atom stereocenters. The molecule has 0 unspecified atom stereocenters. The Kier molecular flexibility index (Phi) is 4.91. The molecule has 1 saturated carbocycles. The van der Waals surface area contributed by atoms with Crippen molar-refractivity contribution < 1.29 is 9.47 Å². The Morgan fingerprint density at radius 2 is 1.91 bits per heavy atom. The van der Waals surface area contributed by atoms with E-state index in [1.165, 1.54) is 12.8 Å². The van der Waals surface area contributed by atoms with Gasteiger partial charge < -0.3 is 9.47 Å². The number of rotatable bonds is 6. The highest BCUT2D eigenvalue weighted by Gasteiger charge is 2.30. The summed E-state index contributed by atoms with van der Waals surface area (Å²) in [6.45, 7) is 4.52. The lowest BCUT2D eigenvalue weighted by molar-refractivity contribution is 0.0839.